The molecule has 1 aromatic carbocycles. The van der Waals surface area contributed by atoms with Crippen molar-refractivity contribution in [1.82, 2.24) is 0 Å². The Bertz CT molecular complexity index is 446. The third kappa shape index (κ3) is 4.15. The van der Waals surface area contributed by atoms with Gasteiger partial charge in [0, 0.05) is 11.1 Å². The van der Waals surface area contributed by atoms with Crippen molar-refractivity contribution in [3.63, 3.8) is 0 Å². The van der Waals surface area contributed by atoms with Gasteiger partial charge in [-0.1, -0.05) is 34.6 Å². The Kier molecular flexibility index (Phi) is 4.23. The van der Waals surface area contributed by atoms with E-state index in [0.29, 0.717) is 5.75 Å². The van der Waals surface area contributed by atoms with Gasteiger partial charge in [0.25, 0.3) is 0 Å². The van der Waals surface area contributed by atoms with Crippen molar-refractivity contribution in [3.8, 4) is 11.5 Å². The number of aromatic hydroxyl groups is 1. The minimum atomic E-state index is -0.236. The molecular formula is C17H28O2. The van der Waals surface area contributed by atoms with E-state index < -0.39 is 0 Å². The Hall–Kier alpha value is -1.18. The van der Waals surface area contributed by atoms with Crippen LogP contribution in [-0.4, -0.2) is 10.7 Å². The molecule has 0 aromatic heterocycles. The topological polar surface area (TPSA) is 29.5 Å². The Morgan fingerprint density at radius 1 is 1.00 bits per heavy atom. The molecular weight excluding hydrogens is 236 g/mol. The van der Waals surface area contributed by atoms with Crippen LogP contribution in [0.15, 0.2) is 12.1 Å². The third-order valence-electron chi connectivity index (χ3n) is 2.97. The molecule has 0 heterocycles. The Morgan fingerprint density at radius 3 is 1.89 bits per heavy atom. The van der Waals surface area contributed by atoms with Gasteiger partial charge in [0.15, 0.2) is 0 Å². The zero-order chi connectivity index (χ0) is 15.0. The summed E-state index contributed by atoms with van der Waals surface area (Å²) in [5.41, 5.74) is 1.55. The summed E-state index contributed by atoms with van der Waals surface area (Å²) in [7, 11) is 0. The fourth-order valence-corrected chi connectivity index (χ4v) is 2.05. The number of ether oxygens (including phenoxy) is 1. The van der Waals surface area contributed by atoms with Crippen LogP contribution in [0.3, 0.4) is 0 Å². The van der Waals surface area contributed by atoms with E-state index in [1.54, 1.807) is 0 Å². The van der Waals surface area contributed by atoms with Gasteiger partial charge in [-0.05, 0) is 44.2 Å². The number of hydrogen-bond donors (Lipinski definition) is 1. The highest BCUT2D eigenvalue weighted by Crippen LogP contribution is 2.40. The summed E-state index contributed by atoms with van der Waals surface area (Å²) in [6.07, 6.45) is 0. The zero-order valence-electron chi connectivity index (χ0n) is 13.6. The van der Waals surface area contributed by atoms with Crippen molar-refractivity contribution >= 4 is 0 Å². The zero-order valence-corrected chi connectivity index (χ0v) is 13.6. The van der Waals surface area contributed by atoms with Crippen LogP contribution in [-0.2, 0) is 5.41 Å². The van der Waals surface area contributed by atoms with Crippen molar-refractivity contribution in [1.29, 1.82) is 0 Å². The summed E-state index contributed by atoms with van der Waals surface area (Å²) < 4.78 is 5.97. The Morgan fingerprint density at radius 2 is 1.53 bits per heavy atom. The first-order valence-electron chi connectivity index (χ1n) is 6.98. The van der Waals surface area contributed by atoms with Gasteiger partial charge in [0.1, 0.15) is 17.1 Å². The molecule has 108 valence electrons. The molecule has 2 nitrogen and oxygen atoms in total. The van der Waals surface area contributed by atoms with Crippen molar-refractivity contribution in [2.24, 2.45) is 0 Å². The average Bonchev–Trinajstić information content (AvgIpc) is 2.16. The minimum absolute atomic E-state index is 0.106. The maximum atomic E-state index is 10.5. The molecule has 0 aliphatic heterocycles. The average molecular weight is 264 g/mol. The fourth-order valence-electron chi connectivity index (χ4n) is 2.05. The summed E-state index contributed by atoms with van der Waals surface area (Å²) >= 11 is 0. The molecule has 1 rings (SSSR count). The van der Waals surface area contributed by atoms with Crippen LogP contribution in [0.2, 0.25) is 0 Å². The summed E-state index contributed by atoms with van der Waals surface area (Å²) in [5, 5.41) is 10.5. The summed E-state index contributed by atoms with van der Waals surface area (Å²) in [6, 6.07) is 3.92. The lowest BCUT2D eigenvalue weighted by Crippen LogP contribution is -2.23. The first-order chi connectivity index (χ1) is 8.42. The standard InChI is InChI=1S/C17H28O2/c1-11(2)13-9-12(19-17(6,7)8)10-14(15(13)18)16(3,4)5/h9-11,18H,1-8H3. The van der Waals surface area contributed by atoms with E-state index in [4.69, 9.17) is 4.74 Å². The first kappa shape index (κ1) is 15.9. The van der Waals surface area contributed by atoms with Crippen molar-refractivity contribution in [2.45, 2.75) is 72.3 Å². The summed E-state index contributed by atoms with van der Waals surface area (Å²) in [6.45, 7) is 16.6. The molecule has 1 aromatic rings. The van der Waals surface area contributed by atoms with E-state index in [0.717, 1.165) is 16.9 Å². The molecule has 1 N–H and O–H groups in total. The van der Waals surface area contributed by atoms with Crippen molar-refractivity contribution in [3.05, 3.63) is 23.3 Å². The van der Waals surface area contributed by atoms with Crippen LogP contribution < -0.4 is 4.74 Å². The quantitative estimate of drug-likeness (QED) is 0.815. The first-order valence-corrected chi connectivity index (χ1v) is 6.98. The Labute approximate surface area is 117 Å². The second-order valence-electron chi connectivity index (χ2n) is 7.53. The predicted octanol–water partition coefficient (Wildman–Crippen LogP) is 4.99. The molecule has 0 amide bonds. The van der Waals surface area contributed by atoms with E-state index in [1.807, 2.05) is 32.9 Å². The molecule has 0 saturated carbocycles. The molecule has 19 heavy (non-hydrogen) atoms. The molecule has 0 radical (unpaired) electrons. The maximum absolute atomic E-state index is 10.5. The van der Waals surface area contributed by atoms with Crippen LogP contribution >= 0.6 is 0 Å². The number of benzene rings is 1. The van der Waals surface area contributed by atoms with Gasteiger partial charge in [-0.15, -0.1) is 0 Å². The molecule has 0 fully saturated rings. The largest absolute Gasteiger partial charge is 0.507 e. The summed E-state index contributed by atoms with van der Waals surface area (Å²) in [5.74, 6) is 1.51. The van der Waals surface area contributed by atoms with Gasteiger partial charge in [-0.25, -0.2) is 0 Å². The van der Waals surface area contributed by atoms with Crippen LogP contribution in [0.1, 0.15) is 72.4 Å². The minimum Gasteiger partial charge on any atom is -0.507 e. The number of hydrogen-bond acceptors (Lipinski definition) is 2. The van der Waals surface area contributed by atoms with Gasteiger partial charge < -0.3 is 9.84 Å². The second-order valence-corrected chi connectivity index (χ2v) is 7.53. The monoisotopic (exact) mass is 264 g/mol. The van der Waals surface area contributed by atoms with Gasteiger partial charge in [0.05, 0.1) is 0 Å². The summed E-state index contributed by atoms with van der Waals surface area (Å²) in [4.78, 5) is 0. The third-order valence-corrected chi connectivity index (χ3v) is 2.97. The van der Waals surface area contributed by atoms with Gasteiger partial charge in [0.2, 0.25) is 0 Å². The molecule has 0 saturated heterocycles. The molecule has 0 spiro atoms. The van der Waals surface area contributed by atoms with Crippen LogP contribution in [0.5, 0.6) is 11.5 Å². The lowest BCUT2D eigenvalue weighted by molar-refractivity contribution is 0.130. The van der Waals surface area contributed by atoms with E-state index in [1.165, 1.54) is 0 Å². The van der Waals surface area contributed by atoms with E-state index in [9.17, 15) is 5.11 Å². The SMILES string of the molecule is CC(C)c1cc(OC(C)(C)C)cc(C(C)(C)C)c1O. The smallest absolute Gasteiger partial charge is 0.123 e. The predicted molar refractivity (Wildman–Crippen MR) is 81.3 cm³/mol. The number of phenolic OH excluding ortho intramolecular Hbond substituents is 1. The van der Waals surface area contributed by atoms with Crippen LogP contribution in [0, 0.1) is 0 Å². The van der Waals surface area contributed by atoms with Gasteiger partial charge in [-0.2, -0.15) is 0 Å². The van der Waals surface area contributed by atoms with Crippen molar-refractivity contribution in [2.75, 3.05) is 0 Å². The van der Waals surface area contributed by atoms with Gasteiger partial charge >= 0.3 is 0 Å². The highest BCUT2D eigenvalue weighted by Gasteiger charge is 2.24. The molecule has 0 atom stereocenters. The fraction of sp³-hybridized carbons (Fsp3) is 0.647. The molecule has 2 heteroatoms. The molecule has 0 unspecified atom stereocenters. The normalized spacial score (nSPS) is 12.9. The van der Waals surface area contributed by atoms with E-state index in [-0.39, 0.29) is 16.9 Å². The molecule has 0 bridgehead atoms. The second kappa shape index (κ2) is 5.07. The Balaban J connectivity index is 3.40. The highest BCUT2D eigenvalue weighted by atomic mass is 16.5. The molecule has 0 aliphatic carbocycles. The highest BCUT2D eigenvalue weighted by molar-refractivity contribution is 5.50. The molecule has 0 aliphatic rings. The van der Waals surface area contributed by atoms with Crippen molar-refractivity contribution < 1.29 is 9.84 Å². The van der Waals surface area contributed by atoms with E-state index >= 15 is 0 Å². The lowest BCUT2D eigenvalue weighted by Gasteiger charge is -2.27. The number of rotatable bonds is 2. The number of phenols is 1. The van der Waals surface area contributed by atoms with Crippen LogP contribution in [0.4, 0.5) is 0 Å². The van der Waals surface area contributed by atoms with Gasteiger partial charge in [-0.3, -0.25) is 0 Å². The maximum Gasteiger partial charge on any atom is 0.123 e. The van der Waals surface area contributed by atoms with Crippen LogP contribution in [0.25, 0.3) is 0 Å². The van der Waals surface area contributed by atoms with E-state index in [2.05, 4.69) is 34.6 Å². The lowest BCUT2D eigenvalue weighted by atomic mass is 9.83.